The molecule has 14 heavy (non-hydrogen) atoms. The second-order valence-corrected chi connectivity index (χ2v) is 3.75. The number of anilines is 2. The summed E-state index contributed by atoms with van der Waals surface area (Å²) in [5.41, 5.74) is 5.96. The number of nitrogen functional groups attached to an aromatic ring is 1. The van der Waals surface area contributed by atoms with Gasteiger partial charge in [-0.15, -0.1) is 0 Å². The lowest BCUT2D eigenvalue weighted by Crippen LogP contribution is -2.06. The smallest absolute Gasteiger partial charge is 0.149 e. The van der Waals surface area contributed by atoms with Crippen molar-refractivity contribution in [2.75, 3.05) is 17.6 Å². The molecule has 0 radical (unpaired) electrons. The van der Waals surface area contributed by atoms with Gasteiger partial charge in [0.05, 0.1) is 11.9 Å². The van der Waals surface area contributed by atoms with Crippen LogP contribution in [0.3, 0.4) is 0 Å². The molecule has 0 aliphatic heterocycles. The number of rotatable bonds is 4. The molecule has 76 valence electrons. The Labute approximate surface area is 82.5 Å². The Kier molecular flexibility index (Phi) is 2.52. The van der Waals surface area contributed by atoms with Crippen molar-refractivity contribution >= 4 is 11.5 Å². The summed E-state index contributed by atoms with van der Waals surface area (Å²) in [5, 5.41) is 3.11. The van der Waals surface area contributed by atoms with Crippen molar-refractivity contribution in [2.24, 2.45) is 5.92 Å². The third-order valence-corrected chi connectivity index (χ3v) is 2.43. The van der Waals surface area contributed by atoms with Gasteiger partial charge in [-0.2, -0.15) is 0 Å². The van der Waals surface area contributed by atoms with E-state index in [1.54, 1.807) is 0 Å². The van der Waals surface area contributed by atoms with Crippen LogP contribution in [0, 0.1) is 11.7 Å². The van der Waals surface area contributed by atoms with Gasteiger partial charge in [0, 0.05) is 12.6 Å². The molecule has 0 aromatic carbocycles. The van der Waals surface area contributed by atoms with Crippen LogP contribution in [-0.2, 0) is 0 Å². The fraction of sp³-hybridized carbons (Fsp3) is 0.500. The molecule has 0 unspecified atom stereocenters. The molecule has 1 aliphatic carbocycles. The van der Waals surface area contributed by atoms with Crippen LogP contribution in [0.1, 0.15) is 19.3 Å². The summed E-state index contributed by atoms with van der Waals surface area (Å²) in [4.78, 5) is 3.88. The number of nitrogens with one attached hydrogen (secondary N) is 1. The van der Waals surface area contributed by atoms with Crippen LogP contribution in [0.5, 0.6) is 0 Å². The van der Waals surface area contributed by atoms with E-state index in [0.29, 0.717) is 11.5 Å². The largest absolute Gasteiger partial charge is 0.396 e. The van der Waals surface area contributed by atoms with Gasteiger partial charge in [0.2, 0.25) is 0 Å². The highest BCUT2D eigenvalue weighted by Crippen LogP contribution is 2.32. The zero-order chi connectivity index (χ0) is 9.97. The molecule has 1 saturated carbocycles. The first kappa shape index (κ1) is 9.24. The van der Waals surface area contributed by atoms with Gasteiger partial charge in [0.25, 0.3) is 0 Å². The minimum absolute atomic E-state index is 0.376. The highest BCUT2D eigenvalue weighted by molar-refractivity contribution is 5.60. The zero-order valence-electron chi connectivity index (χ0n) is 7.96. The summed E-state index contributed by atoms with van der Waals surface area (Å²) in [5.74, 6) is 1.08. The maximum absolute atomic E-state index is 12.6. The second kappa shape index (κ2) is 3.82. The second-order valence-electron chi connectivity index (χ2n) is 3.75. The first-order valence-electron chi connectivity index (χ1n) is 4.90. The van der Waals surface area contributed by atoms with E-state index in [9.17, 15) is 4.39 Å². The van der Waals surface area contributed by atoms with Gasteiger partial charge in [-0.3, -0.25) is 0 Å². The normalized spacial score (nSPS) is 15.5. The lowest BCUT2D eigenvalue weighted by atomic mass is 10.3. The van der Waals surface area contributed by atoms with Gasteiger partial charge in [-0.05, 0) is 12.3 Å². The van der Waals surface area contributed by atoms with Crippen molar-refractivity contribution in [1.82, 2.24) is 4.98 Å². The molecule has 2 rings (SSSR count). The predicted molar refractivity (Wildman–Crippen MR) is 54.4 cm³/mol. The maximum Gasteiger partial charge on any atom is 0.149 e. The van der Waals surface area contributed by atoms with E-state index in [4.69, 9.17) is 5.73 Å². The lowest BCUT2D eigenvalue weighted by Gasteiger charge is -2.07. The number of halogens is 1. The molecule has 1 heterocycles. The summed E-state index contributed by atoms with van der Waals surface area (Å²) < 4.78 is 12.6. The molecule has 0 amide bonds. The van der Waals surface area contributed by atoms with Crippen LogP contribution >= 0.6 is 0 Å². The molecule has 1 aliphatic rings. The van der Waals surface area contributed by atoms with Crippen molar-refractivity contribution in [3.05, 3.63) is 18.1 Å². The Morgan fingerprint density at radius 1 is 1.57 bits per heavy atom. The van der Waals surface area contributed by atoms with E-state index in [2.05, 4.69) is 10.3 Å². The molecular formula is C10H14FN3. The third kappa shape index (κ3) is 2.34. The number of nitrogens with two attached hydrogens (primary N) is 1. The molecule has 0 bridgehead atoms. The molecular weight excluding hydrogens is 181 g/mol. The van der Waals surface area contributed by atoms with Crippen LogP contribution < -0.4 is 11.1 Å². The molecule has 0 spiro atoms. The first-order valence-corrected chi connectivity index (χ1v) is 4.90. The quantitative estimate of drug-likeness (QED) is 0.772. The van der Waals surface area contributed by atoms with Crippen LogP contribution in [0.25, 0.3) is 0 Å². The van der Waals surface area contributed by atoms with E-state index < -0.39 is 5.82 Å². The molecule has 0 atom stereocenters. The molecule has 1 aromatic rings. The monoisotopic (exact) mass is 195 g/mol. The van der Waals surface area contributed by atoms with E-state index in [-0.39, 0.29) is 0 Å². The summed E-state index contributed by atoms with van der Waals surface area (Å²) >= 11 is 0. The minimum Gasteiger partial charge on any atom is -0.396 e. The molecule has 1 fully saturated rings. The first-order chi connectivity index (χ1) is 6.75. The van der Waals surface area contributed by atoms with E-state index in [1.165, 1.54) is 25.1 Å². The van der Waals surface area contributed by atoms with Gasteiger partial charge in [0.15, 0.2) is 0 Å². The number of nitrogens with zero attached hydrogens (tertiary/aromatic N) is 1. The standard InChI is InChI=1S/C10H14FN3/c11-8-5-9(12)10(14-6-8)13-4-3-7-1-2-7/h5-7H,1-4,12H2,(H,13,14). The summed E-state index contributed by atoms with van der Waals surface area (Å²) in [6.45, 7) is 0.869. The number of aromatic nitrogens is 1. The lowest BCUT2D eigenvalue weighted by molar-refractivity contribution is 0.622. The topological polar surface area (TPSA) is 50.9 Å². The Morgan fingerprint density at radius 2 is 2.36 bits per heavy atom. The van der Waals surface area contributed by atoms with Crippen LogP contribution in [-0.4, -0.2) is 11.5 Å². The van der Waals surface area contributed by atoms with Gasteiger partial charge < -0.3 is 11.1 Å². The van der Waals surface area contributed by atoms with Crippen molar-refractivity contribution in [2.45, 2.75) is 19.3 Å². The van der Waals surface area contributed by atoms with Gasteiger partial charge in [-0.25, -0.2) is 9.37 Å². The average molecular weight is 195 g/mol. The number of pyridine rings is 1. The van der Waals surface area contributed by atoms with E-state index in [0.717, 1.165) is 18.9 Å². The fourth-order valence-corrected chi connectivity index (χ4v) is 1.40. The Hall–Kier alpha value is -1.32. The zero-order valence-corrected chi connectivity index (χ0v) is 7.96. The Morgan fingerprint density at radius 3 is 3.00 bits per heavy atom. The molecule has 3 nitrogen and oxygen atoms in total. The number of hydrogen-bond donors (Lipinski definition) is 2. The summed E-state index contributed by atoms with van der Waals surface area (Å²) in [7, 11) is 0. The van der Waals surface area contributed by atoms with Crippen molar-refractivity contribution in [1.29, 1.82) is 0 Å². The highest BCUT2D eigenvalue weighted by atomic mass is 19.1. The molecule has 3 N–H and O–H groups in total. The fourth-order valence-electron chi connectivity index (χ4n) is 1.40. The SMILES string of the molecule is Nc1cc(F)cnc1NCCC1CC1. The Balaban J connectivity index is 1.87. The minimum atomic E-state index is -0.393. The van der Waals surface area contributed by atoms with Crippen molar-refractivity contribution < 1.29 is 4.39 Å². The predicted octanol–water partition coefficient (Wildman–Crippen LogP) is 2.01. The van der Waals surface area contributed by atoms with Gasteiger partial charge >= 0.3 is 0 Å². The average Bonchev–Trinajstić information content (AvgIpc) is 2.92. The van der Waals surface area contributed by atoms with E-state index >= 15 is 0 Å². The summed E-state index contributed by atoms with van der Waals surface area (Å²) in [6.07, 6.45) is 5.01. The van der Waals surface area contributed by atoms with Crippen molar-refractivity contribution in [3.63, 3.8) is 0 Å². The third-order valence-electron chi connectivity index (χ3n) is 2.43. The molecule has 4 heteroatoms. The van der Waals surface area contributed by atoms with E-state index in [1.807, 2.05) is 0 Å². The molecule has 0 saturated heterocycles. The molecule has 1 aromatic heterocycles. The van der Waals surface area contributed by atoms with Gasteiger partial charge in [0.1, 0.15) is 11.6 Å². The highest BCUT2D eigenvalue weighted by Gasteiger charge is 2.20. The van der Waals surface area contributed by atoms with Crippen molar-refractivity contribution in [3.8, 4) is 0 Å². The summed E-state index contributed by atoms with van der Waals surface area (Å²) in [6, 6.07) is 1.28. The van der Waals surface area contributed by atoms with Crippen LogP contribution in [0.2, 0.25) is 0 Å². The van der Waals surface area contributed by atoms with Crippen LogP contribution in [0.4, 0.5) is 15.9 Å². The number of hydrogen-bond acceptors (Lipinski definition) is 3. The van der Waals surface area contributed by atoms with Crippen LogP contribution in [0.15, 0.2) is 12.3 Å². The van der Waals surface area contributed by atoms with Gasteiger partial charge in [-0.1, -0.05) is 12.8 Å². The maximum atomic E-state index is 12.6. The Bertz CT molecular complexity index is 323.